The van der Waals surface area contributed by atoms with Crippen LogP contribution in [0.1, 0.15) is 0 Å². The molecule has 0 saturated heterocycles. The van der Waals surface area contributed by atoms with Crippen LogP contribution in [0.25, 0.3) is 159 Å². The smallest absolute Gasteiger partial charge is 0.164 e. The molecule has 4 aromatic heterocycles. The van der Waals surface area contributed by atoms with Gasteiger partial charge >= 0.3 is 0 Å². The molecule has 0 atom stereocenters. The van der Waals surface area contributed by atoms with Crippen LogP contribution in [0.5, 0.6) is 0 Å². The number of aromatic nitrogens is 4. The van der Waals surface area contributed by atoms with Gasteiger partial charge in [0.25, 0.3) is 0 Å². The van der Waals surface area contributed by atoms with E-state index in [2.05, 4.69) is 253 Å². The highest BCUT2D eigenvalue weighted by atomic mass is 32.1. The van der Waals surface area contributed by atoms with E-state index < -0.39 is 0 Å². The SMILES string of the molecule is c1ccc(-c2cc(-c3ccccc3)cc(-c3cccc(-c4nc(-c5ccccc5)nc(-c5cccc6sc7ccc(-c8ccc9c(c8)c8ccccc8n9-c8cccc(-c9cccc%10c9oc9ccccc9%10)c8)cc7c56)n4)c3)c2)cc1. The van der Waals surface area contributed by atoms with Gasteiger partial charge in [-0.2, -0.15) is 0 Å². The number of furan rings is 1. The van der Waals surface area contributed by atoms with Crippen molar-refractivity contribution < 1.29 is 4.42 Å². The molecule has 0 unspecified atom stereocenters. The maximum absolute atomic E-state index is 6.51. The predicted molar refractivity (Wildman–Crippen MR) is 338 cm³/mol. The molecule has 6 heteroatoms. The maximum Gasteiger partial charge on any atom is 0.164 e. The van der Waals surface area contributed by atoms with Crippen LogP contribution in [0.3, 0.4) is 0 Å². The molecule has 0 spiro atoms. The van der Waals surface area contributed by atoms with Gasteiger partial charge in [0, 0.05) is 69.7 Å². The van der Waals surface area contributed by atoms with Crippen molar-refractivity contribution in [3.05, 3.63) is 279 Å². The monoisotopic (exact) mass is 1050 g/mol. The average molecular weight is 1050 g/mol. The normalized spacial score (nSPS) is 11.7. The Balaban J connectivity index is 0.804. The average Bonchev–Trinajstić information content (AvgIpc) is 4.30. The van der Waals surface area contributed by atoms with Gasteiger partial charge in [0.15, 0.2) is 17.5 Å². The lowest BCUT2D eigenvalue weighted by Gasteiger charge is -2.13. The Bertz CT molecular complexity index is 5060. The predicted octanol–water partition coefficient (Wildman–Crippen LogP) is 20.6. The second-order valence-electron chi connectivity index (χ2n) is 20.7. The van der Waals surface area contributed by atoms with Crippen molar-refractivity contribution in [2.45, 2.75) is 0 Å². The summed E-state index contributed by atoms with van der Waals surface area (Å²) in [5.41, 5.74) is 19.3. The molecular weight excluding hydrogens is 1000 g/mol. The van der Waals surface area contributed by atoms with Gasteiger partial charge in [-0.05, 0) is 129 Å². The Hall–Kier alpha value is -10.5. The van der Waals surface area contributed by atoms with Crippen molar-refractivity contribution in [1.82, 2.24) is 19.5 Å². The van der Waals surface area contributed by atoms with Gasteiger partial charge in [0.2, 0.25) is 0 Å². The van der Waals surface area contributed by atoms with Crippen LogP contribution in [-0.4, -0.2) is 19.5 Å². The molecule has 0 aliphatic rings. The molecule has 16 rings (SSSR count). The fourth-order valence-electron chi connectivity index (χ4n) is 12.0. The van der Waals surface area contributed by atoms with Gasteiger partial charge in [-0.1, -0.05) is 200 Å². The van der Waals surface area contributed by atoms with Gasteiger partial charge in [0.05, 0.1) is 11.0 Å². The molecule has 5 nitrogen and oxygen atoms in total. The summed E-state index contributed by atoms with van der Waals surface area (Å²) >= 11 is 1.80. The van der Waals surface area contributed by atoms with Crippen LogP contribution in [0.2, 0.25) is 0 Å². The van der Waals surface area contributed by atoms with Crippen molar-refractivity contribution in [2.24, 2.45) is 0 Å². The first-order valence-corrected chi connectivity index (χ1v) is 28.1. The molecule has 0 N–H and O–H groups in total. The van der Waals surface area contributed by atoms with Crippen molar-refractivity contribution in [1.29, 1.82) is 0 Å². The summed E-state index contributed by atoms with van der Waals surface area (Å²) in [6.07, 6.45) is 0. The van der Waals surface area contributed by atoms with Gasteiger partial charge < -0.3 is 8.98 Å². The number of thiophene rings is 1. The number of hydrogen-bond donors (Lipinski definition) is 0. The second kappa shape index (κ2) is 19.1. The Morgan fingerprint density at radius 2 is 0.802 bits per heavy atom. The molecule has 0 bridgehead atoms. The van der Waals surface area contributed by atoms with E-state index >= 15 is 0 Å². The van der Waals surface area contributed by atoms with E-state index in [-0.39, 0.29) is 0 Å². The van der Waals surface area contributed by atoms with E-state index in [9.17, 15) is 0 Å². The van der Waals surface area contributed by atoms with Gasteiger partial charge in [-0.15, -0.1) is 11.3 Å². The van der Waals surface area contributed by atoms with Crippen molar-refractivity contribution in [3.63, 3.8) is 0 Å². The summed E-state index contributed by atoms with van der Waals surface area (Å²) in [6, 6.07) is 99.6. The third-order valence-corrected chi connectivity index (χ3v) is 17.0. The Morgan fingerprint density at radius 1 is 0.284 bits per heavy atom. The minimum atomic E-state index is 0.614. The molecule has 0 amide bonds. The zero-order valence-corrected chi connectivity index (χ0v) is 44.5. The van der Waals surface area contributed by atoms with E-state index in [0.29, 0.717) is 17.5 Å². The standard InChI is InChI=1S/C75H46N4OS/c1-4-18-47(19-5-1)55-41-56(48-20-6-2-7-21-48)43-57(42-55)50-24-14-26-54(40-50)74-76-73(49-22-8-3-9-23-49)77-75(78-74)63-32-17-35-70-71(63)65-46-52(37-39-69(65)81-70)51-36-38-67-64(45-51)60-28-10-12-33-66(60)79(67)58-27-15-25-53(44-58)59-30-16-31-62-61-29-11-13-34-68(61)80-72(59)62/h1-46H. The fourth-order valence-corrected chi connectivity index (χ4v) is 13.1. The molecule has 0 saturated carbocycles. The number of benzene rings is 12. The molecule has 4 heterocycles. The molecule has 378 valence electrons. The summed E-state index contributed by atoms with van der Waals surface area (Å²) in [6.45, 7) is 0. The van der Waals surface area contributed by atoms with Crippen LogP contribution in [0.4, 0.5) is 0 Å². The van der Waals surface area contributed by atoms with Crippen molar-refractivity contribution in [2.75, 3.05) is 0 Å². The number of hydrogen-bond acceptors (Lipinski definition) is 5. The molecule has 0 fully saturated rings. The molecule has 16 aromatic rings. The van der Waals surface area contributed by atoms with Crippen LogP contribution in [-0.2, 0) is 0 Å². The van der Waals surface area contributed by atoms with Crippen LogP contribution in [0, 0.1) is 0 Å². The second-order valence-corrected chi connectivity index (χ2v) is 21.8. The van der Waals surface area contributed by atoms with E-state index in [1.54, 1.807) is 11.3 Å². The van der Waals surface area contributed by atoms with Crippen LogP contribution < -0.4 is 0 Å². The summed E-state index contributed by atoms with van der Waals surface area (Å²) in [4.78, 5) is 15.9. The minimum Gasteiger partial charge on any atom is -0.455 e. The zero-order valence-electron chi connectivity index (χ0n) is 43.7. The Kier molecular flexibility index (Phi) is 11.0. The van der Waals surface area contributed by atoms with E-state index in [0.717, 1.165) is 105 Å². The third-order valence-electron chi connectivity index (χ3n) is 15.8. The Labute approximate surface area is 471 Å². The van der Waals surface area contributed by atoms with E-state index in [1.807, 2.05) is 30.3 Å². The first-order valence-electron chi connectivity index (χ1n) is 27.3. The first kappa shape index (κ1) is 46.6. The topological polar surface area (TPSA) is 56.7 Å². The minimum absolute atomic E-state index is 0.614. The first-order chi connectivity index (χ1) is 40.1. The molecule has 0 aliphatic carbocycles. The third kappa shape index (κ3) is 8.11. The number of fused-ring (bicyclic) bond motifs is 9. The number of nitrogens with zero attached hydrogens (tertiary/aromatic N) is 4. The van der Waals surface area contributed by atoms with Crippen molar-refractivity contribution >= 4 is 75.3 Å². The summed E-state index contributed by atoms with van der Waals surface area (Å²) < 4.78 is 11.3. The molecular formula is C75H46N4OS. The summed E-state index contributed by atoms with van der Waals surface area (Å²) in [5.74, 6) is 1.87. The lowest BCUT2D eigenvalue weighted by Crippen LogP contribution is -2.00. The number of para-hydroxylation sites is 3. The highest BCUT2D eigenvalue weighted by molar-refractivity contribution is 7.26. The fraction of sp³-hybridized carbons (Fsp3) is 0. The van der Waals surface area contributed by atoms with Gasteiger partial charge in [-0.25, -0.2) is 15.0 Å². The van der Waals surface area contributed by atoms with Gasteiger partial charge in [-0.3, -0.25) is 0 Å². The molecule has 12 aromatic carbocycles. The molecule has 81 heavy (non-hydrogen) atoms. The highest BCUT2D eigenvalue weighted by Crippen LogP contribution is 2.44. The lowest BCUT2D eigenvalue weighted by atomic mass is 9.93. The van der Waals surface area contributed by atoms with Gasteiger partial charge in [0.1, 0.15) is 11.2 Å². The largest absolute Gasteiger partial charge is 0.455 e. The molecule has 0 radical (unpaired) electrons. The van der Waals surface area contributed by atoms with E-state index in [4.69, 9.17) is 19.4 Å². The number of rotatable bonds is 9. The lowest BCUT2D eigenvalue weighted by molar-refractivity contribution is 0.670. The summed E-state index contributed by atoms with van der Waals surface area (Å²) in [7, 11) is 0. The van der Waals surface area contributed by atoms with Crippen LogP contribution >= 0.6 is 11.3 Å². The van der Waals surface area contributed by atoms with Crippen LogP contribution in [0.15, 0.2) is 283 Å². The Morgan fingerprint density at radius 3 is 1.58 bits per heavy atom. The van der Waals surface area contributed by atoms with Crippen molar-refractivity contribution in [3.8, 4) is 95.5 Å². The summed E-state index contributed by atoms with van der Waals surface area (Å²) in [5, 5.41) is 6.94. The highest BCUT2D eigenvalue weighted by Gasteiger charge is 2.21. The zero-order chi connectivity index (χ0) is 53.4. The maximum atomic E-state index is 6.51. The molecule has 0 aliphatic heterocycles. The quantitative estimate of drug-likeness (QED) is 0.145. The van der Waals surface area contributed by atoms with E-state index in [1.165, 1.54) is 36.7 Å².